The van der Waals surface area contributed by atoms with E-state index in [1.807, 2.05) is 18.2 Å². The van der Waals surface area contributed by atoms with E-state index in [9.17, 15) is 0 Å². The van der Waals surface area contributed by atoms with Gasteiger partial charge in [0.25, 0.3) is 0 Å². The summed E-state index contributed by atoms with van der Waals surface area (Å²) in [5.41, 5.74) is 1.17. The summed E-state index contributed by atoms with van der Waals surface area (Å²) < 4.78 is 0. The zero-order valence-electron chi connectivity index (χ0n) is 14.3. The fraction of sp³-hybridized carbons (Fsp3) is 0.389. The summed E-state index contributed by atoms with van der Waals surface area (Å²) in [5, 5.41) is 10.1. The van der Waals surface area contributed by atoms with E-state index < -0.39 is 0 Å². The topological polar surface area (TPSA) is 48.5 Å². The van der Waals surface area contributed by atoms with Crippen molar-refractivity contribution < 1.29 is 0 Å². The van der Waals surface area contributed by atoms with Gasteiger partial charge in [0, 0.05) is 35.1 Å². The third-order valence-electron chi connectivity index (χ3n) is 3.28. The monoisotopic (exact) mass is 458 g/mol. The summed E-state index contributed by atoms with van der Waals surface area (Å²) in [5.74, 6) is 0.887. The molecule has 0 amide bonds. The summed E-state index contributed by atoms with van der Waals surface area (Å²) >= 11 is 1.80. The number of thiophene rings is 1. The highest BCUT2D eigenvalue weighted by atomic mass is 127. The van der Waals surface area contributed by atoms with Crippen molar-refractivity contribution >= 4 is 47.0 Å². The summed E-state index contributed by atoms with van der Waals surface area (Å²) in [4.78, 5) is 7.27. The molecule has 1 aromatic carbocycles. The molecule has 0 spiro atoms. The molecule has 3 N–H and O–H groups in total. The van der Waals surface area contributed by atoms with Crippen LogP contribution >= 0.6 is 35.3 Å². The van der Waals surface area contributed by atoms with Gasteiger partial charge in [-0.2, -0.15) is 0 Å². The molecule has 132 valence electrons. The molecule has 4 nitrogen and oxygen atoms in total. The van der Waals surface area contributed by atoms with Crippen molar-refractivity contribution in [2.24, 2.45) is 4.99 Å². The lowest BCUT2D eigenvalue weighted by atomic mass is 10.3. The number of rotatable bonds is 8. The molecule has 0 saturated heterocycles. The number of aryl methyl sites for hydroxylation is 1. The predicted octanol–water partition coefficient (Wildman–Crippen LogP) is 4.23. The van der Waals surface area contributed by atoms with E-state index in [-0.39, 0.29) is 24.0 Å². The first-order chi connectivity index (χ1) is 11.3. The van der Waals surface area contributed by atoms with Gasteiger partial charge in [0.2, 0.25) is 0 Å². The molecule has 2 rings (SSSR count). The van der Waals surface area contributed by atoms with Crippen molar-refractivity contribution in [1.82, 2.24) is 10.6 Å². The fourth-order valence-electron chi connectivity index (χ4n) is 2.15. The number of hydrogen-bond donors (Lipinski definition) is 3. The second-order valence-electron chi connectivity index (χ2n) is 5.28. The molecule has 0 fully saturated rings. The van der Waals surface area contributed by atoms with Gasteiger partial charge in [-0.25, -0.2) is 4.99 Å². The SMILES string of the molecule is CCNC(=NCc1ccc(C)s1)NCCCNc1ccccc1.I. The summed E-state index contributed by atoms with van der Waals surface area (Å²) in [7, 11) is 0. The minimum atomic E-state index is 0. The van der Waals surface area contributed by atoms with Gasteiger partial charge >= 0.3 is 0 Å². The molecule has 1 aromatic heterocycles. The van der Waals surface area contributed by atoms with Gasteiger partial charge in [0.15, 0.2) is 5.96 Å². The van der Waals surface area contributed by atoms with E-state index in [1.165, 1.54) is 15.4 Å². The van der Waals surface area contributed by atoms with Crippen LogP contribution in [0.15, 0.2) is 47.5 Å². The lowest BCUT2D eigenvalue weighted by molar-refractivity contribution is 0.766. The average Bonchev–Trinajstić information content (AvgIpc) is 2.98. The molecule has 0 aliphatic carbocycles. The van der Waals surface area contributed by atoms with Crippen LogP contribution in [0.3, 0.4) is 0 Å². The van der Waals surface area contributed by atoms with Crippen molar-refractivity contribution in [1.29, 1.82) is 0 Å². The van der Waals surface area contributed by atoms with Crippen molar-refractivity contribution in [2.75, 3.05) is 25.0 Å². The number of guanidine groups is 1. The van der Waals surface area contributed by atoms with Gasteiger partial charge in [-0.1, -0.05) is 18.2 Å². The Morgan fingerprint density at radius 2 is 1.83 bits per heavy atom. The zero-order chi connectivity index (χ0) is 16.3. The van der Waals surface area contributed by atoms with Crippen LogP contribution in [0.1, 0.15) is 23.1 Å². The van der Waals surface area contributed by atoms with E-state index in [1.54, 1.807) is 11.3 Å². The van der Waals surface area contributed by atoms with Crippen LogP contribution in [0.4, 0.5) is 5.69 Å². The van der Waals surface area contributed by atoms with Crippen molar-refractivity contribution in [3.05, 3.63) is 52.2 Å². The molecule has 0 unspecified atom stereocenters. The fourth-order valence-corrected chi connectivity index (χ4v) is 2.97. The molecule has 0 aliphatic rings. The minimum Gasteiger partial charge on any atom is -0.385 e. The number of para-hydroxylation sites is 1. The first-order valence-electron chi connectivity index (χ1n) is 8.14. The van der Waals surface area contributed by atoms with Crippen molar-refractivity contribution in [2.45, 2.75) is 26.8 Å². The third kappa shape index (κ3) is 8.01. The maximum absolute atomic E-state index is 4.64. The van der Waals surface area contributed by atoms with Crippen molar-refractivity contribution in [3.63, 3.8) is 0 Å². The molecule has 24 heavy (non-hydrogen) atoms. The molecule has 0 atom stereocenters. The number of anilines is 1. The van der Waals surface area contributed by atoms with E-state index in [4.69, 9.17) is 0 Å². The van der Waals surface area contributed by atoms with Crippen LogP contribution in [-0.2, 0) is 6.54 Å². The normalized spacial score (nSPS) is 10.8. The number of nitrogens with one attached hydrogen (secondary N) is 3. The Bertz CT molecular complexity index is 598. The molecular formula is C18H27IN4S. The Hall–Kier alpha value is -1.28. The van der Waals surface area contributed by atoms with Crippen LogP contribution in [0.5, 0.6) is 0 Å². The maximum atomic E-state index is 4.64. The number of aliphatic imine (C=N–C) groups is 1. The number of benzene rings is 1. The number of halogens is 1. The van der Waals surface area contributed by atoms with Gasteiger partial charge in [0.05, 0.1) is 6.54 Å². The molecule has 0 aliphatic heterocycles. The highest BCUT2D eigenvalue weighted by Gasteiger charge is 1.99. The van der Waals surface area contributed by atoms with E-state index >= 15 is 0 Å². The zero-order valence-corrected chi connectivity index (χ0v) is 17.5. The standard InChI is InChI=1S/C18H26N4S.HI/c1-3-19-18(22-14-17-11-10-15(2)23-17)21-13-7-12-20-16-8-5-4-6-9-16;/h4-6,8-11,20H,3,7,12-14H2,1-2H3,(H2,19,21,22);1H. The Kier molecular flexibility index (Phi) is 10.5. The third-order valence-corrected chi connectivity index (χ3v) is 4.27. The highest BCUT2D eigenvalue weighted by molar-refractivity contribution is 14.0. The molecule has 2 aromatic rings. The molecule has 0 radical (unpaired) electrons. The van der Waals surface area contributed by atoms with E-state index in [2.05, 4.69) is 59.1 Å². The molecule has 1 heterocycles. The van der Waals surface area contributed by atoms with Gasteiger partial charge in [-0.15, -0.1) is 35.3 Å². The minimum absolute atomic E-state index is 0. The number of nitrogens with zero attached hydrogens (tertiary/aromatic N) is 1. The van der Waals surface area contributed by atoms with E-state index in [0.717, 1.165) is 38.6 Å². The number of hydrogen-bond acceptors (Lipinski definition) is 3. The van der Waals surface area contributed by atoms with Crippen LogP contribution < -0.4 is 16.0 Å². The van der Waals surface area contributed by atoms with Crippen LogP contribution in [-0.4, -0.2) is 25.6 Å². The summed E-state index contributed by atoms with van der Waals surface area (Å²) in [6.07, 6.45) is 1.04. The first-order valence-corrected chi connectivity index (χ1v) is 8.96. The average molecular weight is 458 g/mol. The Morgan fingerprint density at radius 3 is 2.50 bits per heavy atom. The van der Waals surface area contributed by atoms with E-state index in [0.29, 0.717) is 0 Å². The smallest absolute Gasteiger partial charge is 0.191 e. The van der Waals surface area contributed by atoms with Gasteiger partial charge in [-0.05, 0) is 44.5 Å². The molecule has 0 saturated carbocycles. The first kappa shape index (κ1) is 20.8. The molecule has 6 heteroatoms. The van der Waals surface area contributed by atoms with Crippen molar-refractivity contribution in [3.8, 4) is 0 Å². The lowest BCUT2D eigenvalue weighted by Gasteiger charge is -2.11. The predicted molar refractivity (Wildman–Crippen MR) is 117 cm³/mol. The lowest BCUT2D eigenvalue weighted by Crippen LogP contribution is -2.38. The highest BCUT2D eigenvalue weighted by Crippen LogP contribution is 2.15. The Balaban J connectivity index is 0.00000288. The molecular weight excluding hydrogens is 431 g/mol. The van der Waals surface area contributed by atoms with Gasteiger partial charge in [0.1, 0.15) is 0 Å². The maximum Gasteiger partial charge on any atom is 0.191 e. The molecule has 0 bridgehead atoms. The Morgan fingerprint density at radius 1 is 1.04 bits per heavy atom. The van der Waals surface area contributed by atoms with Crippen LogP contribution in [0, 0.1) is 6.92 Å². The van der Waals surface area contributed by atoms with Crippen LogP contribution in [0.25, 0.3) is 0 Å². The quantitative estimate of drug-likeness (QED) is 0.240. The largest absolute Gasteiger partial charge is 0.385 e. The summed E-state index contributed by atoms with van der Waals surface area (Å²) in [6.45, 7) is 7.66. The van der Waals surface area contributed by atoms with Crippen LogP contribution in [0.2, 0.25) is 0 Å². The van der Waals surface area contributed by atoms with Gasteiger partial charge < -0.3 is 16.0 Å². The summed E-state index contributed by atoms with van der Waals surface area (Å²) in [6, 6.07) is 14.6. The van der Waals surface area contributed by atoms with Gasteiger partial charge in [-0.3, -0.25) is 0 Å². The second-order valence-corrected chi connectivity index (χ2v) is 6.65. The Labute approximate surface area is 166 Å². The second kappa shape index (κ2) is 12.1.